The molecular weight excluding hydrogens is 653 g/mol. The van der Waals surface area contributed by atoms with Crippen LogP contribution < -0.4 is 0 Å². The van der Waals surface area contributed by atoms with Crippen LogP contribution in [0.4, 0.5) is 5.69 Å². The maximum atomic E-state index is 9.41. The topological polar surface area (TPSA) is 28.1 Å². The van der Waals surface area contributed by atoms with E-state index in [4.69, 9.17) is 6.57 Å². The van der Waals surface area contributed by atoms with Gasteiger partial charge in [-0.2, -0.15) is 5.26 Å². The second kappa shape index (κ2) is 12.6. The molecule has 0 spiro atoms. The number of fused-ring (bicyclic) bond motifs is 7. The largest absolute Gasteiger partial charge is 0.238 e. The molecule has 0 aliphatic heterocycles. The summed E-state index contributed by atoms with van der Waals surface area (Å²) in [6.07, 6.45) is 0. The third-order valence-corrected chi connectivity index (χ3v) is 10.8. The van der Waals surface area contributed by atoms with Gasteiger partial charge in [-0.25, -0.2) is 4.85 Å². The normalized spacial score (nSPS) is 11.3. The van der Waals surface area contributed by atoms with Gasteiger partial charge in [-0.3, -0.25) is 0 Å². The molecule has 54 heavy (non-hydrogen) atoms. The monoisotopic (exact) mass is 682 g/mol. The summed E-state index contributed by atoms with van der Waals surface area (Å²) in [5.74, 6) is 0. The maximum Gasteiger partial charge on any atom is 0.187 e. The Labute approximate surface area is 313 Å². The van der Waals surface area contributed by atoms with E-state index in [1.807, 2.05) is 36.4 Å². The summed E-state index contributed by atoms with van der Waals surface area (Å²) in [6, 6.07) is 66.9. The molecule has 0 fully saturated rings. The third-order valence-electron chi connectivity index (χ3n) is 10.8. The van der Waals surface area contributed by atoms with Crippen LogP contribution in [-0.2, 0) is 0 Å². The van der Waals surface area contributed by atoms with Crippen molar-refractivity contribution >= 4 is 59.5 Å². The molecule has 2 nitrogen and oxygen atoms in total. The van der Waals surface area contributed by atoms with Crippen LogP contribution in [0.15, 0.2) is 182 Å². The number of nitriles is 1. The summed E-state index contributed by atoms with van der Waals surface area (Å²) in [4.78, 5) is 3.62. The van der Waals surface area contributed by atoms with E-state index >= 15 is 0 Å². The molecule has 0 saturated heterocycles. The van der Waals surface area contributed by atoms with Crippen LogP contribution in [0.1, 0.15) is 5.56 Å². The van der Waals surface area contributed by atoms with Gasteiger partial charge < -0.3 is 0 Å². The van der Waals surface area contributed by atoms with Gasteiger partial charge in [-0.1, -0.05) is 127 Å². The van der Waals surface area contributed by atoms with E-state index in [9.17, 15) is 5.26 Å². The zero-order valence-electron chi connectivity index (χ0n) is 29.2. The van der Waals surface area contributed by atoms with Crippen LogP contribution in [-0.4, -0.2) is 0 Å². The highest BCUT2D eigenvalue weighted by Gasteiger charge is 2.15. The van der Waals surface area contributed by atoms with Gasteiger partial charge in [0.05, 0.1) is 18.2 Å². The first-order valence-corrected chi connectivity index (χ1v) is 18.1. The molecule has 248 valence electrons. The highest BCUT2D eigenvalue weighted by atomic mass is 14.6. The van der Waals surface area contributed by atoms with E-state index in [2.05, 4.69) is 157 Å². The van der Waals surface area contributed by atoms with Crippen LogP contribution in [0.25, 0.3) is 103 Å². The van der Waals surface area contributed by atoms with Gasteiger partial charge in [0, 0.05) is 0 Å². The van der Waals surface area contributed by atoms with Gasteiger partial charge in [0.1, 0.15) is 0 Å². The van der Waals surface area contributed by atoms with E-state index in [0.29, 0.717) is 11.3 Å². The molecule has 0 N–H and O–H groups in total. The first kappa shape index (κ1) is 31.2. The van der Waals surface area contributed by atoms with E-state index in [1.54, 1.807) is 0 Å². The lowest BCUT2D eigenvalue weighted by Crippen LogP contribution is -1.89. The quantitative estimate of drug-likeness (QED) is 0.134. The molecule has 0 saturated carbocycles. The highest BCUT2D eigenvalue weighted by Crippen LogP contribution is 2.43. The molecule has 0 aliphatic rings. The second-order valence-corrected chi connectivity index (χ2v) is 13.9. The van der Waals surface area contributed by atoms with Gasteiger partial charge in [0.25, 0.3) is 0 Å². The molecule has 0 aromatic heterocycles. The van der Waals surface area contributed by atoms with Crippen LogP contribution in [0.3, 0.4) is 0 Å². The zero-order chi connectivity index (χ0) is 36.2. The Balaban J connectivity index is 1.11. The molecule has 10 aromatic carbocycles. The number of benzene rings is 10. The Morgan fingerprint density at radius 3 is 1.28 bits per heavy atom. The Morgan fingerprint density at radius 2 is 0.778 bits per heavy atom. The molecule has 0 aliphatic carbocycles. The summed E-state index contributed by atoms with van der Waals surface area (Å²) >= 11 is 0. The predicted molar refractivity (Wildman–Crippen MR) is 227 cm³/mol. The summed E-state index contributed by atoms with van der Waals surface area (Å²) in [5.41, 5.74) is 10.4. The van der Waals surface area contributed by atoms with Gasteiger partial charge in [-0.15, -0.1) is 0 Å². The number of hydrogen-bond donors (Lipinski definition) is 0. The Hall–Kier alpha value is -7.52. The van der Waals surface area contributed by atoms with Crippen molar-refractivity contribution in [2.24, 2.45) is 0 Å². The van der Waals surface area contributed by atoms with Crippen molar-refractivity contribution in [3.8, 4) is 50.6 Å². The van der Waals surface area contributed by atoms with Crippen molar-refractivity contribution in [1.29, 1.82) is 5.26 Å². The molecule has 10 rings (SSSR count). The lowest BCUT2D eigenvalue weighted by Gasteiger charge is -2.17. The van der Waals surface area contributed by atoms with E-state index in [0.717, 1.165) is 22.3 Å². The Morgan fingerprint density at radius 1 is 0.352 bits per heavy atom. The molecule has 0 unspecified atom stereocenters. The minimum atomic E-state index is 0.651. The summed E-state index contributed by atoms with van der Waals surface area (Å²) in [5, 5.41) is 21.5. The minimum absolute atomic E-state index is 0.651. The number of rotatable bonds is 4. The van der Waals surface area contributed by atoms with E-state index in [-0.39, 0.29) is 0 Å². The molecule has 0 radical (unpaired) electrons. The summed E-state index contributed by atoms with van der Waals surface area (Å²) < 4.78 is 0. The molecule has 2 heteroatoms. The van der Waals surface area contributed by atoms with E-state index in [1.165, 1.54) is 76.1 Å². The molecular formula is C52H30N2. The Kier molecular flexibility index (Phi) is 7.29. The third kappa shape index (κ3) is 5.26. The smallest absolute Gasteiger partial charge is 0.187 e. The summed E-state index contributed by atoms with van der Waals surface area (Å²) in [6.45, 7) is 7.42. The highest BCUT2D eigenvalue weighted by molar-refractivity contribution is 6.24. The average molecular weight is 683 g/mol. The number of nitrogens with zero attached hydrogens (tertiary/aromatic N) is 2. The SMILES string of the molecule is [C-]#[N+]c1cccc(-c2ccc3cc(-c4cc5c6ccccc6c(-c6ccc7cc(-c8cccc(C#N)c8)ccc7c6)cc5c5ccccc45)ccc3c2)c1. The second-order valence-electron chi connectivity index (χ2n) is 13.9. The molecule has 0 bridgehead atoms. The van der Waals surface area contributed by atoms with Crippen molar-refractivity contribution in [1.82, 2.24) is 0 Å². The molecule has 0 amide bonds. The van der Waals surface area contributed by atoms with E-state index < -0.39 is 0 Å². The van der Waals surface area contributed by atoms with Crippen molar-refractivity contribution in [3.05, 3.63) is 199 Å². The average Bonchev–Trinajstić information content (AvgIpc) is 3.25. The fraction of sp³-hybridized carbons (Fsp3) is 0. The first-order chi connectivity index (χ1) is 26.6. The van der Waals surface area contributed by atoms with Crippen molar-refractivity contribution < 1.29 is 0 Å². The summed E-state index contributed by atoms with van der Waals surface area (Å²) in [7, 11) is 0. The van der Waals surface area contributed by atoms with Crippen molar-refractivity contribution in [2.45, 2.75) is 0 Å². The van der Waals surface area contributed by atoms with Gasteiger partial charge in [0.2, 0.25) is 0 Å². The van der Waals surface area contributed by atoms with Gasteiger partial charge in [-0.05, 0) is 153 Å². The predicted octanol–water partition coefficient (Wildman–Crippen LogP) is 14.5. The Bertz CT molecular complexity index is 3030. The minimum Gasteiger partial charge on any atom is -0.238 e. The van der Waals surface area contributed by atoms with Crippen LogP contribution >= 0.6 is 0 Å². The lowest BCUT2D eigenvalue weighted by atomic mass is 9.87. The fourth-order valence-corrected chi connectivity index (χ4v) is 8.14. The molecule has 0 heterocycles. The first-order valence-electron chi connectivity index (χ1n) is 18.1. The van der Waals surface area contributed by atoms with Gasteiger partial charge in [0.15, 0.2) is 5.69 Å². The lowest BCUT2D eigenvalue weighted by molar-refractivity contribution is 1.48. The van der Waals surface area contributed by atoms with Gasteiger partial charge >= 0.3 is 0 Å². The van der Waals surface area contributed by atoms with Crippen LogP contribution in [0.2, 0.25) is 0 Å². The fourth-order valence-electron chi connectivity index (χ4n) is 8.14. The molecule has 0 atom stereocenters. The van der Waals surface area contributed by atoms with Crippen LogP contribution in [0, 0.1) is 17.9 Å². The zero-order valence-corrected chi connectivity index (χ0v) is 29.2. The standard InChI is InChI=1S/C52H30N2/c1-54-44-11-7-10-35(29-44)37-17-19-41-28-43(23-21-39(41)26-37)50-31-52-47-14-4-2-12-45(47)49(30-51(52)48-15-5-3-13-46(48)50)42-22-20-38-25-36(16-18-40(38)27-42)34-9-6-8-33(24-34)32-53/h2-31H. The maximum absolute atomic E-state index is 9.41. The number of hydrogen-bond acceptors (Lipinski definition) is 1. The van der Waals surface area contributed by atoms with Crippen LogP contribution in [0.5, 0.6) is 0 Å². The van der Waals surface area contributed by atoms with Crippen molar-refractivity contribution in [3.63, 3.8) is 0 Å². The molecule has 10 aromatic rings. The van der Waals surface area contributed by atoms with Crippen molar-refractivity contribution in [2.75, 3.05) is 0 Å².